The Labute approximate surface area is 212 Å². The molecule has 0 saturated carbocycles. The molecule has 0 N–H and O–H groups in total. The van der Waals surface area contributed by atoms with Crippen molar-refractivity contribution in [1.82, 2.24) is 0 Å². The molecule has 0 unspecified atom stereocenters. The van der Waals surface area contributed by atoms with Crippen LogP contribution in [0.25, 0.3) is 0 Å². The summed E-state index contributed by atoms with van der Waals surface area (Å²) in [6.45, 7) is 2.26. The molecular formula is C33H42O2. The Morgan fingerprint density at radius 1 is 0.543 bits per heavy atom. The van der Waals surface area contributed by atoms with E-state index in [2.05, 4.69) is 43.3 Å². The minimum absolute atomic E-state index is 0.141. The van der Waals surface area contributed by atoms with Crippen molar-refractivity contribution in [2.75, 3.05) is 0 Å². The van der Waals surface area contributed by atoms with Crippen molar-refractivity contribution in [2.45, 2.75) is 89.6 Å². The van der Waals surface area contributed by atoms with E-state index in [0.29, 0.717) is 6.42 Å². The molecule has 0 aliphatic rings. The van der Waals surface area contributed by atoms with E-state index in [0.717, 1.165) is 29.5 Å². The van der Waals surface area contributed by atoms with E-state index in [9.17, 15) is 4.79 Å². The predicted molar refractivity (Wildman–Crippen MR) is 146 cm³/mol. The van der Waals surface area contributed by atoms with E-state index in [1.807, 2.05) is 54.6 Å². The maximum Gasteiger partial charge on any atom is 0.307 e. The third-order valence-electron chi connectivity index (χ3n) is 6.79. The van der Waals surface area contributed by atoms with Gasteiger partial charge in [0.25, 0.3) is 0 Å². The lowest BCUT2D eigenvalue weighted by molar-refractivity contribution is -0.153. The molecule has 0 atom stereocenters. The van der Waals surface area contributed by atoms with E-state index >= 15 is 0 Å². The van der Waals surface area contributed by atoms with Gasteiger partial charge in [0.2, 0.25) is 0 Å². The topological polar surface area (TPSA) is 26.3 Å². The summed E-state index contributed by atoms with van der Waals surface area (Å²) in [5, 5.41) is 0. The van der Waals surface area contributed by atoms with Crippen LogP contribution >= 0.6 is 0 Å². The monoisotopic (exact) mass is 470 g/mol. The second kappa shape index (κ2) is 15.2. The highest BCUT2D eigenvalue weighted by atomic mass is 16.6. The van der Waals surface area contributed by atoms with E-state index in [1.54, 1.807) is 0 Å². The molecule has 0 heterocycles. The van der Waals surface area contributed by atoms with Crippen molar-refractivity contribution in [3.8, 4) is 0 Å². The van der Waals surface area contributed by atoms with Crippen LogP contribution in [0.3, 0.4) is 0 Å². The Morgan fingerprint density at radius 2 is 0.886 bits per heavy atom. The van der Waals surface area contributed by atoms with Crippen LogP contribution in [0.2, 0.25) is 0 Å². The molecule has 186 valence electrons. The molecule has 3 aromatic rings. The van der Waals surface area contributed by atoms with Gasteiger partial charge in [-0.3, -0.25) is 4.79 Å². The molecule has 0 aromatic heterocycles. The number of unbranched alkanes of at least 4 members (excludes halogenated alkanes) is 10. The first kappa shape index (κ1) is 26.7. The fourth-order valence-corrected chi connectivity index (χ4v) is 4.85. The molecule has 35 heavy (non-hydrogen) atoms. The molecule has 0 bridgehead atoms. The van der Waals surface area contributed by atoms with E-state index < -0.39 is 5.60 Å². The van der Waals surface area contributed by atoms with Crippen molar-refractivity contribution in [1.29, 1.82) is 0 Å². The molecule has 0 saturated heterocycles. The number of carbonyl (C=O) groups excluding carboxylic acids is 1. The van der Waals surface area contributed by atoms with Crippen LogP contribution in [-0.2, 0) is 15.1 Å². The fourth-order valence-electron chi connectivity index (χ4n) is 4.85. The van der Waals surface area contributed by atoms with Crippen molar-refractivity contribution in [3.63, 3.8) is 0 Å². The molecule has 3 aromatic carbocycles. The summed E-state index contributed by atoms with van der Waals surface area (Å²) in [5.74, 6) is -0.141. The van der Waals surface area contributed by atoms with Gasteiger partial charge in [-0.15, -0.1) is 0 Å². The zero-order valence-corrected chi connectivity index (χ0v) is 21.5. The molecule has 0 radical (unpaired) electrons. The highest BCUT2D eigenvalue weighted by Crippen LogP contribution is 2.40. The van der Waals surface area contributed by atoms with Crippen LogP contribution in [0.5, 0.6) is 0 Å². The number of hydrogen-bond acceptors (Lipinski definition) is 2. The zero-order chi connectivity index (χ0) is 24.6. The van der Waals surface area contributed by atoms with Gasteiger partial charge < -0.3 is 4.74 Å². The summed E-state index contributed by atoms with van der Waals surface area (Å²) in [6.07, 6.45) is 14.4. The standard InChI is InChI=1S/C33H42O2/c1-2-3-4-5-6-7-8-9-10-11-21-28-32(34)35-33(29-22-15-12-16-23-29,30-24-17-13-18-25-30)31-26-19-14-20-27-31/h12-20,22-27H,2-11,21,28H2,1H3. The second-order valence-electron chi connectivity index (χ2n) is 9.54. The Morgan fingerprint density at radius 3 is 1.26 bits per heavy atom. The summed E-state index contributed by atoms with van der Waals surface area (Å²) in [7, 11) is 0. The Hall–Kier alpha value is -2.87. The lowest BCUT2D eigenvalue weighted by Gasteiger charge is -2.35. The highest BCUT2D eigenvalue weighted by molar-refractivity contribution is 5.71. The average Bonchev–Trinajstić information content (AvgIpc) is 2.92. The third kappa shape index (κ3) is 8.09. The number of carbonyl (C=O) groups is 1. The van der Waals surface area contributed by atoms with Crippen molar-refractivity contribution in [3.05, 3.63) is 108 Å². The molecule has 0 amide bonds. The number of benzene rings is 3. The van der Waals surface area contributed by atoms with Crippen LogP contribution in [0.1, 0.15) is 101 Å². The van der Waals surface area contributed by atoms with Gasteiger partial charge >= 0.3 is 5.97 Å². The van der Waals surface area contributed by atoms with Crippen LogP contribution in [0.4, 0.5) is 0 Å². The maximum absolute atomic E-state index is 13.2. The van der Waals surface area contributed by atoms with E-state index in [1.165, 1.54) is 57.8 Å². The summed E-state index contributed by atoms with van der Waals surface area (Å²) in [6, 6.07) is 30.3. The molecule has 0 fully saturated rings. The van der Waals surface area contributed by atoms with E-state index in [-0.39, 0.29) is 5.97 Å². The van der Waals surface area contributed by atoms with Gasteiger partial charge in [0.1, 0.15) is 0 Å². The second-order valence-corrected chi connectivity index (χ2v) is 9.54. The van der Waals surface area contributed by atoms with Gasteiger partial charge in [-0.25, -0.2) is 0 Å². The van der Waals surface area contributed by atoms with Crippen LogP contribution in [0, 0.1) is 0 Å². The molecule has 0 aliphatic heterocycles. The van der Waals surface area contributed by atoms with Crippen molar-refractivity contribution >= 4 is 5.97 Å². The van der Waals surface area contributed by atoms with Gasteiger partial charge in [0.15, 0.2) is 5.60 Å². The van der Waals surface area contributed by atoms with Crippen molar-refractivity contribution in [2.24, 2.45) is 0 Å². The minimum Gasteiger partial charge on any atom is -0.444 e. The molecule has 0 aliphatic carbocycles. The van der Waals surface area contributed by atoms with Crippen LogP contribution in [0.15, 0.2) is 91.0 Å². The zero-order valence-electron chi connectivity index (χ0n) is 21.5. The SMILES string of the molecule is CCCCCCCCCCCCCC(=O)OC(c1ccccc1)(c1ccccc1)c1ccccc1. The molecule has 3 rings (SSSR count). The lowest BCUT2D eigenvalue weighted by Crippen LogP contribution is -2.35. The number of rotatable bonds is 16. The van der Waals surface area contributed by atoms with Gasteiger partial charge in [0, 0.05) is 23.1 Å². The summed E-state index contributed by atoms with van der Waals surface area (Å²) < 4.78 is 6.45. The fraction of sp³-hybridized carbons (Fsp3) is 0.424. The Balaban J connectivity index is 1.60. The van der Waals surface area contributed by atoms with Gasteiger partial charge in [-0.05, 0) is 6.42 Å². The Bertz CT molecular complexity index is 853. The number of hydrogen-bond donors (Lipinski definition) is 0. The summed E-state index contributed by atoms with van der Waals surface area (Å²) >= 11 is 0. The van der Waals surface area contributed by atoms with Gasteiger partial charge in [0.05, 0.1) is 0 Å². The molecular weight excluding hydrogens is 428 g/mol. The lowest BCUT2D eigenvalue weighted by atomic mass is 9.80. The first-order chi connectivity index (χ1) is 17.3. The van der Waals surface area contributed by atoms with Crippen LogP contribution < -0.4 is 0 Å². The first-order valence-electron chi connectivity index (χ1n) is 13.7. The van der Waals surface area contributed by atoms with Gasteiger partial charge in [-0.1, -0.05) is 162 Å². The van der Waals surface area contributed by atoms with E-state index in [4.69, 9.17) is 4.74 Å². The largest absolute Gasteiger partial charge is 0.444 e. The maximum atomic E-state index is 13.2. The number of ether oxygens (including phenoxy) is 1. The highest BCUT2D eigenvalue weighted by Gasteiger charge is 2.40. The Kier molecular flexibility index (Phi) is 11.6. The first-order valence-corrected chi connectivity index (χ1v) is 13.7. The third-order valence-corrected chi connectivity index (χ3v) is 6.79. The smallest absolute Gasteiger partial charge is 0.307 e. The van der Waals surface area contributed by atoms with Gasteiger partial charge in [-0.2, -0.15) is 0 Å². The van der Waals surface area contributed by atoms with Crippen molar-refractivity contribution < 1.29 is 9.53 Å². The molecule has 2 nitrogen and oxygen atoms in total. The van der Waals surface area contributed by atoms with Crippen LogP contribution in [-0.4, -0.2) is 5.97 Å². The minimum atomic E-state index is -0.960. The normalized spacial score (nSPS) is 11.3. The predicted octanol–water partition coefficient (Wildman–Crippen LogP) is 9.22. The molecule has 2 heteroatoms. The number of esters is 1. The quantitative estimate of drug-likeness (QED) is 0.118. The summed E-state index contributed by atoms with van der Waals surface area (Å²) in [4.78, 5) is 13.2. The molecule has 0 spiro atoms. The summed E-state index contributed by atoms with van der Waals surface area (Å²) in [5.41, 5.74) is 1.93. The average molecular weight is 471 g/mol.